The Bertz CT molecular complexity index is 740. The zero-order valence-electron chi connectivity index (χ0n) is 15.4. The number of benzene rings is 2. The third kappa shape index (κ3) is 4.99. The molecule has 0 saturated heterocycles. The summed E-state index contributed by atoms with van der Waals surface area (Å²) in [4.78, 5) is 26.4. The number of hydrogen-bond acceptors (Lipinski definition) is 4. The summed E-state index contributed by atoms with van der Waals surface area (Å²) in [6.45, 7) is 5.98. The van der Waals surface area contributed by atoms with Crippen LogP contribution in [0.15, 0.2) is 48.5 Å². The second-order valence-electron chi connectivity index (χ2n) is 5.71. The van der Waals surface area contributed by atoms with Crippen LogP contribution in [0.5, 0.6) is 5.75 Å². The Morgan fingerprint density at radius 2 is 1.62 bits per heavy atom. The summed E-state index contributed by atoms with van der Waals surface area (Å²) in [5.74, 6) is -0.0342. The van der Waals surface area contributed by atoms with Gasteiger partial charge in [-0.25, -0.2) is 0 Å². The molecule has 0 aliphatic heterocycles. The second-order valence-corrected chi connectivity index (χ2v) is 5.71. The van der Waals surface area contributed by atoms with Gasteiger partial charge in [-0.1, -0.05) is 18.2 Å². The van der Waals surface area contributed by atoms with Crippen molar-refractivity contribution in [1.29, 1.82) is 0 Å². The Balaban J connectivity index is 1.90. The van der Waals surface area contributed by atoms with Crippen molar-refractivity contribution in [3.05, 3.63) is 59.7 Å². The number of carbonyl (C=O) groups excluding carboxylic acids is 2. The zero-order valence-corrected chi connectivity index (χ0v) is 15.4. The number of nitrogens with zero attached hydrogens (tertiary/aromatic N) is 1. The molecule has 2 aromatic rings. The molecule has 0 atom stereocenters. The van der Waals surface area contributed by atoms with Crippen molar-refractivity contribution in [3.63, 3.8) is 0 Å². The molecule has 0 saturated carbocycles. The van der Waals surface area contributed by atoms with Gasteiger partial charge in [0, 0.05) is 29.9 Å². The van der Waals surface area contributed by atoms with E-state index >= 15 is 0 Å². The topological polar surface area (TPSA) is 70.7 Å². The summed E-state index contributed by atoms with van der Waals surface area (Å²) in [5.41, 5.74) is 7.18. The van der Waals surface area contributed by atoms with Gasteiger partial charge in [0.25, 0.3) is 5.91 Å². The van der Waals surface area contributed by atoms with E-state index in [1.165, 1.54) is 0 Å². The summed E-state index contributed by atoms with van der Waals surface area (Å²) in [5, 5.41) is 0. The van der Waals surface area contributed by atoms with Crippen LogP contribution in [0.25, 0.3) is 0 Å². The predicted octanol–water partition coefficient (Wildman–Crippen LogP) is 2.55. The van der Waals surface area contributed by atoms with Crippen LogP contribution in [0.2, 0.25) is 0 Å². The number of carbonyl (C=O) groups is 2. The van der Waals surface area contributed by atoms with Crippen molar-refractivity contribution >= 4 is 17.5 Å². The maximum Gasteiger partial charge on any atom is 0.269 e. The molecule has 0 aromatic heterocycles. The fraction of sp³-hybridized carbons (Fsp3) is 0.300. The van der Waals surface area contributed by atoms with Gasteiger partial charge in [-0.15, -0.1) is 0 Å². The van der Waals surface area contributed by atoms with Crippen molar-refractivity contribution in [2.75, 3.05) is 25.1 Å². The number of ether oxygens (including phenoxy) is 1. The lowest BCUT2D eigenvalue weighted by Crippen LogP contribution is -2.42. The molecule has 138 valence electrons. The van der Waals surface area contributed by atoms with Gasteiger partial charge in [-0.2, -0.15) is 0 Å². The Labute approximate surface area is 154 Å². The lowest BCUT2D eigenvalue weighted by atomic mass is 10.1. The largest absolute Gasteiger partial charge is 0.496 e. The van der Waals surface area contributed by atoms with Gasteiger partial charge in [0.15, 0.2) is 0 Å². The number of anilines is 1. The molecule has 0 bridgehead atoms. The maximum absolute atomic E-state index is 12.2. The summed E-state index contributed by atoms with van der Waals surface area (Å²) < 4.78 is 5.22. The quantitative estimate of drug-likeness (QED) is 0.749. The van der Waals surface area contributed by atoms with Crippen molar-refractivity contribution in [2.45, 2.75) is 20.3 Å². The number of hydrogen-bond donors (Lipinski definition) is 2. The molecular weight excluding hydrogens is 330 g/mol. The molecule has 6 nitrogen and oxygen atoms in total. The Hall–Kier alpha value is -3.02. The molecule has 0 spiro atoms. The molecule has 0 unspecified atom stereocenters. The van der Waals surface area contributed by atoms with Crippen LogP contribution in [0.3, 0.4) is 0 Å². The van der Waals surface area contributed by atoms with E-state index in [0.717, 1.165) is 24.3 Å². The first-order valence-corrected chi connectivity index (χ1v) is 8.65. The average molecular weight is 355 g/mol. The van der Waals surface area contributed by atoms with E-state index < -0.39 is 0 Å². The van der Waals surface area contributed by atoms with Gasteiger partial charge >= 0.3 is 0 Å². The lowest BCUT2D eigenvalue weighted by molar-refractivity contribution is -0.121. The highest BCUT2D eigenvalue weighted by Crippen LogP contribution is 2.17. The highest BCUT2D eigenvalue weighted by molar-refractivity contribution is 5.95. The minimum Gasteiger partial charge on any atom is -0.496 e. The standard InChI is InChI=1S/C20H25N3O3/c1-4-23(5-2)17-12-10-15(11-13-17)20(25)22-21-19(24)14-16-8-6-7-9-18(16)26-3/h6-13H,4-5,14H2,1-3H3,(H,21,24)(H,22,25). The first-order chi connectivity index (χ1) is 12.6. The van der Waals surface area contributed by atoms with E-state index in [9.17, 15) is 9.59 Å². The molecule has 0 heterocycles. The molecule has 0 aliphatic carbocycles. The van der Waals surface area contributed by atoms with Gasteiger partial charge < -0.3 is 9.64 Å². The molecule has 2 amide bonds. The van der Waals surface area contributed by atoms with E-state index in [-0.39, 0.29) is 18.2 Å². The normalized spacial score (nSPS) is 10.1. The molecule has 0 aliphatic rings. The van der Waals surface area contributed by atoms with Gasteiger partial charge in [-0.05, 0) is 44.2 Å². The second kappa shape index (κ2) is 9.46. The van der Waals surface area contributed by atoms with Crippen LogP contribution in [-0.4, -0.2) is 32.0 Å². The van der Waals surface area contributed by atoms with Gasteiger partial charge in [0.2, 0.25) is 5.91 Å². The molecule has 6 heteroatoms. The highest BCUT2D eigenvalue weighted by atomic mass is 16.5. The number of rotatable bonds is 7. The number of para-hydroxylation sites is 1. The van der Waals surface area contributed by atoms with Crippen LogP contribution in [-0.2, 0) is 11.2 Å². The van der Waals surface area contributed by atoms with Gasteiger partial charge in [0.05, 0.1) is 13.5 Å². The zero-order chi connectivity index (χ0) is 18.9. The SMILES string of the molecule is CCN(CC)c1ccc(C(=O)NNC(=O)Cc2ccccc2OC)cc1. The Morgan fingerprint density at radius 3 is 2.23 bits per heavy atom. The first kappa shape index (κ1) is 19.3. The number of amides is 2. The van der Waals surface area contributed by atoms with E-state index in [1.54, 1.807) is 25.3 Å². The van der Waals surface area contributed by atoms with E-state index in [0.29, 0.717) is 11.3 Å². The minimum atomic E-state index is -0.357. The van der Waals surface area contributed by atoms with Crippen molar-refractivity contribution in [2.24, 2.45) is 0 Å². The van der Waals surface area contributed by atoms with Crippen LogP contribution >= 0.6 is 0 Å². The summed E-state index contributed by atoms with van der Waals surface area (Å²) in [6, 6.07) is 14.6. The molecular formula is C20H25N3O3. The fourth-order valence-electron chi connectivity index (χ4n) is 2.68. The monoisotopic (exact) mass is 355 g/mol. The van der Waals surface area contributed by atoms with Crippen LogP contribution < -0.4 is 20.5 Å². The van der Waals surface area contributed by atoms with E-state index in [1.807, 2.05) is 30.3 Å². The van der Waals surface area contributed by atoms with Gasteiger partial charge in [-0.3, -0.25) is 20.4 Å². The Morgan fingerprint density at radius 1 is 0.962 bits per heavy atom. The molecule has 0 radical (unpaired) electrons. The molecule has 2 aromatic carbocycles. The number of nitrogens with one attached hydrogen (secondary N) is 2. The molecule has 2 rings (SSSR count). The number of hydrazine groups is 1. The van der Waals surface area contributed by atoms with Crippen molar-refractivity contribution < 1.29 is 14.3 Å². The smallest absolute Gasteiger partial charge is 0.269 e. The van der Waals surface area contributed by atoms with Crippen molar-refractivity contribution in [1.82, 2.24) is 10.9 Å². The maximum atomic E-state index is 12.2. The van der Waals surface area contributed by atoms with Crippen molar-refractivity contribution in [3.8, 4) is 5.75 Å². The van der Waals surface area contributed by atoms with Crippen LogP contribution in [0.1, 0.15) is 29.8 Å². The van der Waals surface area contributed by atoms with E-state index in [2.05, 4.69) is 29.6 Å². The Kier molecular flexibility index (Phi) is 7.02. The van der Waals surface area contributed by atoms with Gasteiger partial charge in [0.1, 0.15) is 5.75 Å². The first-order valence-electron chi connectivity index (χ1n) is 8.65. The minimum absolute atomic E-state index is 0.116. The predicted molar refractivity (Wildman–Crippen MR) is 102 cm³/mol. The fourth-order valence-corrected chi connectivity index (χ4v) is 2.68. The third-order valence-corrected chi connectivity index (χ3v) is 4.12. The third-order valence-electron chi connectivity index (χ3n) is 4.12. The summed E-state index contributed by atoms with van der Waals surface area (Å²) in [6.07, 6.45) is 0.116. The molecule has 0 fully saturated rings. The summed E-state index contributed by atoms with van der Waals surface area (Å²) >= 11 is 0. The lowest BCUT2D eigenvalue weighted by Gasteiger charge is -2.21. The number of methoxy groups -OCH3 is 1. The summed E-state index contributed by atoms with van der Waals surface area (Å²) in [7, 11) is 1.56. The molecule has 2 N–H and O–H groups in total. The highest BCUT2D eigenvalue weighted by Gasteiger charge is 2.11. The van der Waals surface area contributed by atoms with E-state index in [4.69, 9.17) is 4.74 Å². The van der Waals surface area contributed by atoms with Crippen LogP contribution in [0, 0.1) is 0 Å². The van der Waals surface area contributed by atoms with Crippen LogP contribution in [0.4, 0.5) is 5.69 Å². The molecule has 26 heavy (non-hydrogen) atoms. The average Bonchev–Trinajstić information content (AvgIpc) is 2.68.